The molecule has 7 heteroatoms. The number of hydrogen-bond acceptors (Lipinski definition) is 5. The molecule has 6 nitrogen and oxygen atoms in total. The molecule has 0 amide bonds. The molecule has 3 rings (SSSR count). The maximum absolute atomic E-state index is 6.37. The van der Waals surface area contributed by atoms with E-state index in [0.29, 0.717) is 23.4 Å². The van der Waals surface area contributed by atoms with Gasteiger partial charge in [-0.05, 0) is 31.4 Å². The predicted octanol–water partition coefficient (Wildman–Crippen LogP) is 3.59. The van der Waals surface area contributed by atoms with E-state index in [1.54, 1.807) is 23.1 Å². The molecular formula is C18H22ClN5O. The standard InChI is InChI=1S/C18H22ClN5O/c1-12(2)9-18(3,20)11-25-17-14(19)8-13(10-22-17)15-4-6-21-16-5-7-23-24(15)16/h4-8,10,12H,9,11,20H2,1-3H3. The molecule has 0 saturated heterocycles. The molecule has 0 aliphatic heterocycles. The highest BCUT2D eigenvalue weighted by atomic mass is 35.5. The Balaban J connectivity index is 1.81. The summed E-state index contributed by atoms with van der Waals surface area (Å²) in [6, 6.07) is 5.52. The number of nitrogens with two attached hydrogens (primary N) is 1. The predicted molar refractivity (Wildman–Crippen MR) is 98.8 cm³/mol. The molecule has 0 spiro atoms. The Labute approximate surface area is 152 Å². The van der Waals surface area contributed by atoms with E-state index in [-0.39, 0.29) is 0 Å². The van der Waals surface area contributed by atoms with E-state index >= 15 is 0 Å². The van der Waals surface area contributed by atoms with Gasteiger partial charge in [0, 0.05) is 29.6 Å². The molecule has 0 aliphatic carbocycles. The Morgan fingerprint density at radius 2 is 2.08 bits per heavy atom. The summed E-state index contributed by atoms with van der Waals surface area (Å²) in [7, 11) is 0. The van der Waals surface area contributed by atoms with Crippen molar-refractivity contribution in [2.24, 2.45) is 11.7 Å². The molecule has 3 aromatic heterocycles. The average molecular weight is 360 g/mol. The molecule has 0 bridgehead atoms. The van der Waals surface area contributed by atoms with Crippen LogP contribution in [0.5, 0.6) is 5.88 Å². The van der Waals surface area contributed by atoms with Crippen LogP contribution < -0.4 is 10.5 Å². The van der Waals surface area contributed by atoms with Crippen molar-refractivity contribution in [2.75, 3.05) is 6.61 Å². The van der Waals surface area contributed by atoms with Gasteiger partial charge in [0.2, 0.25) is 5.88 Å². The number of nitrogens with zero attached hydrogens (tertiary/aromatic N) is 4. The highest BCUT2D eigenvalue weighted by Crippen LogP contribution is 2.28. The van der Waals surface area contributed by atoms with E-state index in [0.717, 1.165) is 23.3 Å². The third-order valence-corrected chi connectivity index (χ3v) is 4.08. The normalized spacial score (nSPS) is 14.0. The van der Waals surface area contributed by atoms with Gasteiger partial charge < -0.3 is 10.5 Å². The van der Waals surface area contributed by atoms with Gasteiger partial charge in [-0.1, -0.05) is 25.4 Å². The van der Waals surface area contributed by atoms with Gasteiger partial charge in [-0.25, -0.2) is 14.5 Å². The maximum Gasteiger partial charge on any atom is 0.232 e. The van der Waals surface area contributed by atoms with Crippen LogP contribution in [0.15, 0.2) is 36.8 Å². The number of halogens is 1. The third-order valence-electron chi connectivity index (χ3n) is 3.81. The molecule has 1 atom stereocenters. The molecule has 3 aromatic rings. The maximum atomic E-state index is 6.37. The minimum absolute atomic E-state index is 0.357. The zero-order valence-electron chi connectivity index (χ0n) is 14.6. The third kappa shape index (κ3) is 4.08. The van der Waals surface area contributed by atoms with Crippen molar-refractivity contribution >= 4 is 17.2 Å². The van der Waals surface area contributed by atoms with Crippen molar-refractivity contribution in [1.82, 2.24) is 19.6 Å². The summed E-state index contributed by atoms with van der Waals surface area (Å²) in [5.74, 6) is 0.879. The number of pyridine rings is 1. The van der Waals surface area contributed by atoms with Gasteiger partial charge in [-0.2, -0.15) is 5.10 Å². The van der Waals surface area contributed by atoms with E-state index in [9.17, 15) is 0 Å². The lowest BCUT2D eigenvalue weighted by Gasteiger charge is -2.26. The zero-order chi connectivity index (χ0) is 18.0. The first-order valence-corrected chi connectivity index (χ1v) is 8.60. The van der Waals surface area contributed by atoms with Gasteiger partial charge >= 0.3 is 0 Å². The molecule has 0 aliphatic rings. The van der Waals surface area contributed by atoms with Gasteiger partial charge in [-0.15, -0.1) is 0 Å². The van der Waals surface area contributed by atoms with Crippen molar-refractivity contribution in [2.45, 2.75) is 32.7 Å². The van der Waals surface area contributed by atoms with Gasteiger partial charge in [0.05, 0.1) is 11.9 Å². The molecule has 132 valence electrons. The van der Waals surface area contributed by atoms with Crippen LogP contribution in [0.2, 0.25) is 5.02 Å². The number of aromatic nitrogens is 4. The smallest absolute Gasteiger partial charge is 0.232 e. The van der Waals surface area contributed by atoms with Crippen LogP contribution >= 0.6 is 11.6 Å². The quantitative estimate of drug-likeness (QED) is 0.727. The molecule has 0 radical (unpaired) electrons. The SMILES string of the molecule is CC(C)CC(C)(N)COc1ncc(-c2ccnc3ccnn23)cc1Cl. The molecule has 0 fully saturated rings. The van der Waals surface area contributed by atoms with Crippen molar-refractivity contribution in [1.29, 1.82) is 0 Å². The van der Waals surface area contributed by atoms with Crippen LogP contribution in [0, 0.1) is 5.92 Å². The second-order valence-corrected chi connectivity index (χ2v) is 7.39. The van der Waals surface area contributed by atoms with Crippen LogP contribution in [-0.4, -0.2) is 31.7 Å². The number of ether oxygens (including phenoxy) is 1. The second kappa shape index (κ2) is 6.98. The Hall–Kier alpha value is -2.18. The van der Waals surface area contributed by atoms with Gasteiger partial charge in [-0.3, -0.25) is 0 Å². The highest BCUT2D eigenvalue weighted by molar-refractivity contribution is 6.32. The lowest BCUT2D eigenvalue weighted by atomic mass is 9.93. The largest absolute Gasteiger partial charge is 0.475 e. The van der Waals surface area contributed by atoms with E-state index in [1.807, 2.05) is 25.1 Å². The van der Waals surface area contributed by atoms with E-state index in [2.05, 4.69) is 28.9 Å². The Morgan fingerprint density at radius 3 is 2.80 bits per heavy atom. The van der Waals surface area contributed by atoms with Crippen LogP contribution in [-0.2, 0) is 0 Å². The van der Waals surface area contributed by atoms with Crippen LogP contribution in [0.1, 0.15) is 27.2 Å². The first kappa shape index (κ1) is 17.6. The van der Waals surface area contributed by atoms with Crippen molar-refractivity contribution in [3.05, 3.63) is 41.8 Å². The summed E-state index contributed by atoms with van der Waals surface area (Å²) in [6.45, 7) is 6.60. The fraction of sp³-hybridized carbons (Fsp3) is 0.389. The van der Waals surface area contributed by atoms with Crippen LogP contribution in [0.3, 0.4) is 0 Å². The van der Waals surface area contributed by atoms with Gasteiger partial charge in [0.25, 0.3) is 0 Å². The van der Waals surface area contributed by atoms with E-state index in [4.69, 9.17) is 22.1 Å². The Bertz CT molecular complexity index is 875. The summed E-state index contributed by atoms with van der Waals surface area (Å²) in [6.07, 6.45) is 6.01. The lowest BCUT2D eigenvalue weighted by molar-refractivity contribution is 0.201. The van der Waals surface area contributed by atoms with Crippen molar-refractivity contribution in [3.63, 3.8) is 0 Å². The molecule has 25 heavy (non-hydrogen) atoms. The van der Waals surface area contributed by atoms with E-state index < -0.39 is 5.54 Å². The first-order valence-electron chi connectivity index (χ1n) is 8.22. The second-order valence-electron chi connectivity index (χ2n) is 6.98. The summed E-state index contributed by atoms with van der Waals surface area (Å²) in [4.78, 5) is 8.61. The number of hydrogen-bond donors (Lipinski definition) is 1. The molecule has 0 saturated carbocycles. The first-order chi connectivity index (χ1) is 11.9. The summed E-state index contributed by atoms with van der Waals surface area (Å²) < 4.78 is 7.51. The van der Waals surface area contributed by atoms with Gasteiger partial charge in [0.1, 0.15) is 11.6 Å². The molecule has 1 unspecified atom stereocenters. The Kier molecular flexibility index (Phi) is 4.92. The van der Waals surface area contributed by atoms with Crippen LogP contribution in [0.25, 0.3) is 16.9 Å². The number of fused-ring (bicyclic) bond motifs is 1. The minimum atomic E-state index is -0.426. The average Bonchev–Trinajstić information content (AvgIpc) is 3.01. The highest BCUT2D eigenvalue weighted by Gasteiger charge is 2.22. The summed E-state index contributed by atoms with van der Waals surface area (Å²) >= 11 is 6.37. The number of rotatable bonds is 6. The summed E-state index contributed by atoms with van der Waals surface area (Å²) in [5.41, 5.74) is 8.31. The fourth-order valence-electron chi connectivity index (χ4n) is 2.95. The topological polar surface area (TPSA) is 78.3 Å². The van der Waals surface area contributed by atoms with Crippen molar-refractivity contribution in [3.8, 4) is 17.1 Å². The zero-order valence-corrected chi connectivity index (χ0v) is 15.4. The molecule has 0 aromatic carbocycles. The van der Waals surface area contributed by atoms with Gasteiger partial charge in [0.15, 0.2) is 5.65 Å². The minimum Gasteiger partial charge on any atom is -0.475 e. The molecule has 3 heterocycles. The van der Waals surface area contributed by atoms with Crippen molar-refractivity contribution < 1.29 is 4.74 Å². The molecule has 2 N–H and O–H groups in total. The van der Waals surface area contributed by atoms with Crippen LogP contribution in [0.4, 0.5) is 0 Å². The van der Waals surface area contributed by atoms with E-state index in [1.165, 1.54) is 0 Å². The lowest BCUT2D eigenvalue weighted by Crippen LogP contribution is -2.43. The Morgan fingerprint density at radius 1 is 1.28 bits per heavy atom. The fourth-order valence-corrected chi connectivity index (χ4v) is 3.17. The molecular weight excluding hydrogens is 338 g/mol. The monoisotopic (exact) mass is 359 g/mol. The summed E-state index contributed by atoms with van der Waals surface area (Å²) in [5, 5.41) is 4.72.